The van der Waals surface area contributed by atoms with Crippen molar-refractivity contribution in [2.75, 3.05) is 45.8 Å². The molecule has 25 N–H and O–H groups in total. The van der Waals surface area contributed by atoms with Crippen LogP contribution in [0.15, 0.2) is 29.3 Å². The average Bonchev–Trinajstić information content (AvgIpc) is 4.15. The predicted octanol–water partition coefficient (Wildman–Crippen LogP) is -6.57. The summed E-state index contributed by atoms with van der Waals surface area (Å²) in [5.41, 5.74) is 39.5. The Morgan fingerprint density at radius 2 is 1.45 bits per heavy atom. The standard InChI is InChI=1S/C49H87N19O12/c1-4-27(2)38(48(79)80)66-43(74)32(15-10-20-58-49(55)56)63-42(73)31(13-6-8-18-51)64-44(75)34(22-29-24-57-26-60-29)65-45(76)35-16-11-21-68(35)47(78)33(14-9-19-52)62-37(70)25-59-40(71)28(3)61-46(77)39(36(69)23-53)67-41(72)30(54)12-5-7-17-50/h15,24,26-28,30-31,33-36,38-39,69H,4-14,16-23,25,50-54H2,1-3H3,(H,57,60)(H,59,71)(H,61,77)(H,62,70)(H,63,73)(H,64,75)(H,65,76)(H,66,74)(H,67,72)(H,79,80)(H4,55,56,58)/b32-15-/t27-,28-,30-,31-,33+,34-,35-,36-,38-,39-/m0/s1. The molecule has 9 amide bonds. The number of likely N-dealkylation sites (tertiary alicyclic amines) is 1. The molecule has 0 unspecified atom stereocenters. The van der Waals surface area contributed by atoms with Gasteiger partial charge in [-0.05, 0) is 96.7 Å². The smallest absolute Gasteiger partial charge is 0.326 e. The monoisotopic (exact) mass is 1130 g/mol. The van der Waals surface area contributed by atoms with Crippen LogP contribution >= 0.6 is 0 Å². The number of unbranched alkanes of at least 4 members (excludes halogenated alkanes) is 2. The lowest BCUT2D eigenvalue weighted by Gasteiger charge is -2.30. The Morgan fingerprint density at radius 1 is 0.787 bits per heavy atom. The van der Waals surface area contributed by atoms with Crippen molar-refractivity contribution in [1.82, 2.24) is 57.4 Å². The third-order valence-electron chi connectivity index (χ3n) is 13.1. The number of aromatic nitrogens is 2. The number of carbonyl (C=O) groups excluding carboxylic acids is 9. The molecule has 1 aliphatic heterocycles. The van der Waals surface area contributed by atoms with Gasteiger partial charge in [0.05, 0.1) is 25.0 Å². The molecule has 1 aliphatic rings. The molecule has 31 nitrogen and oxygen atoms in total. The first-order chi connectivity index (χ1) is 38.0. The van der Waals surface area contributed by atoms with E-state index in [9.17, 15) is 58.2 Å². The Kier molecular flexibility index (Phi) is 31.6. The summed E-state index contributed by atoms with van der Waals surface area (Å²) in [5.74, 6) is -9.37. The van der Waals surface area contributed by atoms with Gasteiger partial charge in [-0.25, -0.2) is 9.78 Å². The summed E-state index contributed by atoms with van der Waals surface area (Å²) in [7, 11) is 0. The number of nitrogens with two attached hydrogens (primary N) is 7. The number of hydrogen-bond acceptors (Lipinski definition) is 18. The molecule has 450 valence electrons. The maximum absolute atomic E-state index is 14.3. The zero-order chi connectivity index (χ0) is 59.9. The van der Waals surface area contributed by atoms with Crippen molar-refractivity contribution in [3.8, 4) is 0 Å². The number of aliphatic hydroxyl groups excluding tert-OH is 1. The van der Waals surface area contributed by atoms with Crippen molar-refractivity contribution in [2.24, 2.45) is 51.0 Å². The third kappa shape index (κ3) is 24.0. The van der Waals surface area contributed by atoms with Gasteiger partial charge in [0.15, 0.2) is 5.96 Å². The number of nitrogens with one attached hydrogen (secondary N) is 9. The van der Waals surface area contributed by atoms with Crippen LogP contribution in [-0.4, -0.2) is 190 Å². The number of carboxylic acids is 1. The van der Waals surface area contributed by atoms with E-state index in [0.717, 1.165) is 0 Å². The highest BCUT2D eigenvalue weighted by Crippen LogP contribution is 2.21. The van der Waals surface area contributed by atoms with Gasteiger partial charge < -0.3 is 103 Å². The van der Waals surface area contributed by atoms with Crippen LogP contribution in [0.2, 0.25) is 0 Å². The van der Waals surface area contributed by atoms with E-state index in [-0.39, 0.29) is 82.8 Å². The topological polar surface area (TPSA) is 534 Å². The van der Waals surface area contributed by atoms with E-state index in [1.165, 1.54) is 30.4 Å². The number of aliphatic hydroxyl groups is 1. The first-order valence-corrected chi connectivity index (χ1v) is 26.9. The number of nitrogens with zero attached hydrogens (tertiary/aromatic N) is 3. The molecule has 0 saturated carbocycles. The van der Waals surface area contributed by atoms with E-state index in [2.05, 4.69) is 57.5 Å². The zero-order valence-corrected chi connectivity index (χ0v) is 46.0. The molecule has 0 radical (unpaired) electrons. The molecule has 1 saturated heterocycles. The summed E-state index contributed by atoms with van der Waals surface area (Å²) < 4.78 is 0. The minimum absolute atomic E-state index is 0.00846. The number of H-pyrrole nitrogens is 1. The van der Waals surface area contributed by atoms with E-state index in [1.807, 2.05) is 0 Å². The molecule has 2 rings (SSSR count). The Bertz CT molecular complexity index is 2250. The van der Waals surface area contributed by atoms with Crippen molar-refractivity contribution >= 4 is 65.1 Å². The quantitative estimate of drug-likeness (QED) is 0.0127. The van der Waals surface area contributed by atoms with E-state index in [4.69, 9.17) is 40.1 Å². The number of aromatic amines is 1. The molecule has 0 aliphatic carbocycles. The molecule has 10 atom stereocenters. The number of aliphatic carboxylic acids is 1. The minimum atomic E-state index is -1.57. The number of aliphatic imine (C=N–C) groups is 1. The molecule has 31 heteroatoms. The van der Waals surface area contributed by atoms with Gasteiger partial charge >= 0.3 is 5.97 Å². The van der Waals surface area contributed by atoms with Crippen LogP contribution in [0.25, 0.3) is 0 Å². The molecule has 80 heavy (non-hydrogen) atoms. The molecule has 1 aromatic rings. The molecule has 0 aromatic carbocycles. The minimum Gasteiger partial charge on any atom is -0.480 e. The largest absolute Gasteiger partial charge is 0.480 e. The Morgan fingerprint density at radius 3 is 2.05 bits per heavy atom. The molecule has 0 bridgehead atoms. The van der Waals surface area contributed by atoms with Crippen LogP contribution in [0.4, 0.5) is 0 Å². The second-order valence-electron chi connectivity index (χ2n) is 19.4. The lowest BCUT2D eigenvalue weighted by atomic mass is 9.99. The lowest BCUT2D eigenvalue weighted by molar-refractivity contribution is -0.143. The molecule has 1 fully saturated rings. The summed E-state index contributed by atoms with van der Waals surface area (Å²) in [6.45, 7) is 4.45. The fraction of sp³-hybridized carbons (Fsp3) is 0.673. The summed E-state index contributed by atoms with van der Waals surface area (Å²) in [6, 6.07) is -10.3. The van der Waals surface area contributed by atoms with Crippen molar-refractivity contribution in [3.05, 3.63) is 30.0 Å². The highest BCUT2D eigenvalue weighted by molar-refractivity contribution is 6.01. The Hall–Kier alpha value is -7.32. The van der Waals surface area contributed by atoms with E-state index >= 15 is 0 Å². The maximum atomic E-state index is 14.3. The molecule has 1 aromatic heterocycles. The van der Waals surface area contributed by atoms with Gasteiger partial charge in [-0.1, -0.05) is 32.8 Å². The van der Waals surface area contributed by atoms with Crippen LogP contribution in [0.5, 0.6) is 0 Å². The van der Waals surface area contributed by atoms with E-state index in [1.54, 1.807) is 13.8 Å². The van der Waals surface area contributed by atoms with Crippen LogP contribution in [0.3, 0.4) is 0 Å². The number of rotatable bonds is 38. The summed E-state index contributed by atoms with van der Waals surface area (Å²) in [5, 5.41) is 40.4. The van der Waals surface area contributed by atoms with Gasteiger partial charge in [0.25, 0.3) is 5.91 Å². The summed E-state index contributed by atoms with van der Waals surface area (Å²) in [4.78, 5) is 147. The van der Waals surface area contributed by atoms with Crippen LogP contribution < -0.4 is 82.7 Å². The van der Waals surface area contributed by atoms with Crippen molar-refractivity contribution in [2.45, 2.75) is 159 Å². The Labute approximate surface area is 465 Å². The third-order valence-corrected chi connectivity index (χ3v) is 13.1. The first kappa shape index (κ1) is 68.8. The number of guanidine groups is 1. The van der Waals surface area contributed by atoms with Gasteiger partial charge in [0, 0.05) is 37.9 Å². The molecular weight excluding hydrogens is 1050 g/mol. The first-order valence-electron chi connectivity index (χ1n) is 26.9. The fourth-order valence-electron chi connectivity index (χ4n) is 8.24. The van der Waals surface area contributed by atoms with Gasteiger partial charge in [0.2, 0.25) is 47.3 Å². The molecular formula is C49H87N19O12. The van der Waals surface area contributed by atoms with Crippen molar-refractivity contribution < 1.29 is 58.2 Å². The number of amides is 9. The normalized spacial score (nSPS) is 16.6. The van der Waals surface area contributed by atoms with Gasteiger partial charge in [-0.15, -0.1) is 0 Å². The lowest BCUT2D eigenvalue weighted by Crippen LogP contribution is -2.60. The summed E-state index contributed by atoms with van der Waals surface area (Å²) in [6.07, 6.45) is 5.84. The fourth-order valence-corrected chi connectivity index (χ4v) is 8.24. The maximum Gasteiger partial charge on any atom is 0.326 e. The zero-order valence-electron chi connectivity index (χ0n) is 46.0. The number of carbonyl (C=O) groups is 10. The Balaban J connectivity index is 2.30. The average molecular weight is 1130 g/mol. The number of hydrogen-bond donors (Lipinski definition) is 18. The SMILES string of the molecule is CC[C@H](C)[C@H](NC(=O)/C(=C/CCN=C(N)N)NC(=O)[C@H](CCCCN)NC(=O)[C@H](Cc1cnc[nH]1)NC(=O)[C@@H]1CCCN1C(=O)[C@@H](CCCN)NC(=O)CNC(=O)[C@H](C)NC(=O)[C@@H](NC(=O)[C@@H](N)CCCCN)[C@@H](O)CN)C(=O)O. The second-order valence-corrected chi connectivity index (χ2v) is 19.4. The van der Waals surface area contributed by atoms with E-state index in [0.29, 0.717) is 50.8 Å². The van der Waals surface area contributed by atoms with Gasteiger partial charge in [-0.3, -0.25) is 48.1 Å². The van der Waals surface area contributed by atoms with Gasteiger partial charge in [0.1, 0.15) is 48.0 Å². The number of imidazole rings is 1. The highest BCUT2D eigenvalue weighted by atomic mass is 16.4. The van der Waals surface area contributed by atoms with Crippen molar-refractivity contribution in [3.63, 3.8) is 0 Å². The summed E-state index contributed by atoms with van der Waals surface area (Å²) >= 11 is 0. The van der Waals surface area contributed by atoms with Gasteiger partial charge in [-0.2, -0.15) is 0 Å². The van der Waals surface area contributed by atoms with Crippen LogP contribution in [0.1, 0.15) is 104 Å². The van der Waals surface area contributed by atoms with Crippen LogP contribution in [0, 0.1) is 5.92 Å². The van der Waals surface area contributed by atoms with Crippen LogP contribution in [-0.2, 0) is 54.4 Å². The highest BCUT2D eigenvalue weighted by Gasteiger charge is 2.40. The second kappa shape index (κ2) is 36.8. The van der Waals surface area contributed by atoms with E-state index < -0.39 is 133 Å². The number of carboxylic acid groups (broad SMARTS) is 1. The predicted molar refractivity (Wildman–Crippen MR) is 293 cm³/mol. The molecule has 0 spiro atoms. The van der Waals surface area contributed by atoms with Crippen molar-refractivity contribution in [1.29, 1.82) is 0 Å². The molecule has 2 heterocycles.